The van der Waals surface area contributed by atoms with Gasteiger partial charge in [-0.25, -0.2) is 4.39 Å². The van der Waals surface area contributed by atoms with E-state index >= 15 is 0 Å². The van der Waals surface area contributed by atoms with Gasteiger partial charge in [-0.2, -0.15) is 0 Å². The van der Waals surface area contributed by atoms with E-state index in [0.29, 0.717) is 30.1 Å². The SMILES string of the molecule is C=C(C)/C=C(/F)C(=C)C(=C)/C=C(/OCCOC)C(=C)CC.C=CC.C=O.CC. The molecule has 0 aliphatic rings. The fourth-order valence-corrected chi connectivity index (χ4v) is 1.36. The minimum Gasteiger partial charge on any atom is -0.491 e. The van der Waals surface area contributed by atoms with Gasteiger partial charge in [0, 0.05) is 12.7 Å². The van der Waals surface area contributed by atoms with Crippen LogP contribution in [0.3, 0.4) is 0 Å². The van der Waals surface area contributed by atoms with Crippen molar-refractivity contribution in [3.8, 4) is 0 Å². The summed E-state index contributed by atoms with van der Waals surface area (Å²) in [7, 11) is 1.60. The Labute approximate surface area is 172 Å². The number of hydrogen-bond donors (Lipinski definition) is 0. The average Bonchev–Trinajstić information content (AvgIpc) is 2.69. The molecule has 28 heavy (non-hydrogen) atoms. The van der Waals surface area contributed by atoms with Crippen molar-refractivity contribution in [1.29, 1.82) is 0 Å². The summed E-state index contributed by atoms with van der Waals surface area (Å²) in [5, 5.41) is 0. The highest BCUT2D eigenvalue weighted by Gasteiger charge is 2.08. The summed E-state index contributed by atoms with van der Waals surface area (Å²) in [5.74, 6) is 0.117. The molecule has 0 atom stereocenters. The van der Waals surface area contributed by atoms with Crippen molar-refractivity contribution in [1.82, 2.24) is 0 Å². The van der Waals surface area contributed by atoms with E-state index in [9.17, 15) is 4.39 Å². The summed E-state index contributed by atoms with van der Waals surface area (Å²) in [5.41, 5.74) is 2.06. The smallest absolute Gasteiger partial charge is 0.130 e. The lowest BCUT2D eigenvalue weighted by molar-refractivity contribution is -0.0979. The lowest BCUT2D eigenvalue weighted by Crippen LogP contribution is -2.04. The first-order chi connectivity index (χ1) is 13.2. The number of carbonyl (C=O) groups excluding carboxylic acids is 1. The maximum absolute atomic E-state index is 13.9. The highest BCUT2D eigenvalue weighted by atomic mass is 19.1. The highest BCUT2D eigenvalue weighted by molar-refractivity contribution is 5.49. The molecule has 0 unspecified atom stereocenters. The van der Waals surface area contributed by atoms with Crippen LogP contribution in [-0.2, 0) is 14.3 Å². The molecule has 0 bridgehead atoms. The molecule has 3 nitrogen and oxygen atoms in total. The number of hydrogen-bond acceptors (Lipinski definition) is 3. The molecule has 0 saturated heterocycles. The molecule has 4 heteroatoms. The van der Waals surface area contributed by atoms with Gasteiger partial charge in [0.2, 0.25) is 0 Å². The van der Waals surface area contributed by atoms with E-state index in [-0.39, 0.29) is 5.57 Å². The summed E-state index contributed by atoms with van der Waals surface area (Å²) in [6.07, 6.45) is 5.44. The van der Waals surface area contributed by atoms with Crippen LogP contribution in [0.5, 0.6) is 0 Å². The van der Waals surface area contributed by atoms with E-state index in [1.54, 1.807) is 26.2 Å². The zero-order valence-corrected chi connectivity index (χ0v) is 18.7. The third-order valence-electron chi connectivity index (χ3n) is 2.67. The van der Waals surface area contributed by atoms with Gasteiger partial charge in [-0.15, -0.1) is 6.58 Å². The second kappa shape index (κ2) is 24.5. The Hall–Kier alpha value is -2.46. The molecule has 0 fully saturated rings. The van der Waals surface area contributed by atoms with Crippen molar-refractivity contribution < 1.29 is 18.7 Å². The molecule has 0 aromatic carbocycles. The molecular weight excluding hydrogens is 355 g/mol. The molecule has 0 radical (unpaired) electrons. The van der Waals surface area contributed by atoms with Gasteiger partial charge in [0.1, 0.15) is 25.0 Å². The molecular formula is C24H39FO3. The van der Waals surface area contributed by atoms with Crippen LogP contribution in [0.2, 0.25) is 0 Å². The summed E-state index contributed by atoms with van der Waals surface area (Å²) >= 11 is 0. The number of carbonyl (C=O) groups is 1. The van der Waals surface area contributed by atoms with Gasteiger partial charge in [-0.1, -0.05) is 58.7 Å². The summed E-state index contributed by atoms with van der Waals surface area (Å²) in [6, 6.07) is 0. The second-order valence-corrected chi connectivity index (χ2v) is 5.06. The van der Waals surface area contributed by atoms with Gasteiger partial charge in [-0.3, -0.25) is 0 Å². The number of allylic oxidation sites excluding steroid dienone is 8. The topological polar surface area (TPSA) is 35.5 Å². The van der Waals surface area contributed by atoms with Crippen molar-refractivity contribution in [3.05, 3.63) is 85.0 Å². The van der Waals surface area contributed by atoms with Crippen molar-refractivity contribution in [2.75, 3.05) is 20.3 Å². The fourth-order valence-electron chi connectivity index (χ4n) is 1.36. The Kier molecular flexibility index (Phi) is 29.1. The van der Waals surface area contributed by atoms with Gasteiger partial charge >= 0.3 is 0 Å². The molecule has 0 aliphatic heterocycles. The van der Waals surface area contributed by atoms with Gasteiger partial charge in [0.15, 0.2) is 0 Å². The van der Waals surface area contributed by atoms with Crippen LogP contribution in [0, 0.1) is 0 Å². The molecule has 0 aromatic heterocycles. The maximum atomic E-state index is 13.9. The van der Waals surface area contributed by atoms with Gasteiger partial charge < -0.3 is 14.3 Å². The van der Waals surface area contributed by atoms with E-state index in [1.807, 2.05) is 34.5 Å². The van der Waals surface area contributed by atoms with Crippen molar-refractivity contribution in [2.24, 2.45) is 0 Å². The van der Waals surface area contributed by atoms with E-state index in [1.165, 1.54) is 6.08 Å². The Morgan fingerprint density at radius 2 is 1.50 bits per heavy atom. The standard InChI is InChI=1S/C18H25FO2.C3H6.C2H6.CH2O/c1-8-14(4)18(21-10-9-20-7)12-15(5)16(6)17(19)11-13(2)3;1-3-2;2*1-2/h11-12H,2,4-6,8-10H2,1,3,7H3;3H,1H2,2H3;1-2H3;1H2/b17-11+,18-12+;;;. The summed E-state index contributed by atoms with van der Waals surface area (Å²) in [6.45, 7) is 30.9. The maximum Gasteiger partial charge on any atom is 0.130 e. The highest BCUT2D eigenvalue weighted by Crippen LogP contribution is 2.23. The number of rotatable bonds is 10. The Morgan fingerprint density at radius 3 is 1.86 bits per heavy atom. The first-order valence-corrected chi connectivity index (χ1v) is 9.03. The molecule has 0 rings (SSSR count). The van der Waals surface area contributed by atoms with Crippen molar-refractivity contribution >= 4 is 6.79 Å². The van der Waals surface area contributed by atoms with Gasteiger partial charge in [0.25, 0.3) is 0 Å². The third-order valence-corrected chi connectivity index (χ3v) is 2.67. The number of halogens is 1. The Bertz CT molecular complexity index is 540. The normalized spacial score (nSPS) is 9.82. The molecule has 0 spiro atoms. The van der Waals surface area contributed by atoms with E-state index < -0.39 is 5.83 Å². The number of methoxy groups -OCH3 is 1. The predicted molar refractivity (Wildman–Crippen MR) is 122 cm³/mol. The largest absolute Gasteiger partial charge is 0.491 e. The van der Waals surface area contributed by atoms with Crippen molar-refractivity contribution in [3.63, 3.8) is 0 Å². The molecule has 0 aromatic rings. The van der Waals surface area contributed by atoms with Crippen LogP contribution in [0.4, 0.5) is 4.39 Å². The van der Waals surface area contributed by atoms with Crippen LogP contribution >= 0.6 is 0 Å². The van der Waals surface area contributed by atoms with Crippen LogP contribution < -0.4 is 0 Å². The first-order valence-electron chi connectivity index (χ1n) is 9.03. The van der Waals surface area contributed by atoms with E-state index in [2.05, 4.69) is 32.9 Å². The van der Waals surface area contributed by atoms with Gasteiger partial charge in [0.05, 0.1) is 6.61 Å². The summed E-state index contributed by atoms with van der Waals surface area (Å²) in [4.78, 5) is 8.00. The fraction of sp³-hybridized carbons (Fsp3) is 0.375. The molecule has 0 heterocycles. The first kappa shape index (κ1) is 33.1. The molecule has 0 aliphatic carbocycles. The van der Waals surface area contributed by atoms with E-state index in [0.717, 1.165) is 12.0 Å². The summed E-state index contributed by atoms with van der Waals surface area (Å²) < 4.78 is 24.4. The Morgan fingerprint density at radius 1 is 1.04 bits per heavy atom. The molecule has 160 valence electrons. The second-order valence-electron chi connectivity index (χ2n) is 5.06. The predicted octanol–water partition coefficient (Wildman–Crippen LogP) is 7.08. The zero-order valence-electron chi connectivity index (χ0n) is 18.7. The van der Waals surface area contributed by atoms with Crippen molar-refractivity contribution in [2.45, 2.75) is 41.0 Å². The lowest BCUT2D eigenvalue weighted by Gasteiger charge is -2.13. The minimum absolute atomic E-state index is 0.203. The van der Waals surface area contributed by atoms with Gasteiger partial charge in [-0.05, 0) is 43.6 Å². The van der Waals surface area contributed by atoms with Crippen LogP contribution in [0.1, 0.15) is 41.0 Å². The number of ether oxygens (including phenoxy) is 2. The third kappa shape index (κ3) is 19.9. The van der Waals surface area contributed by atoms with Crippen LogP contribution in [0.25, 0.3) is 0 Å². The molecule has 0 N–H and O–H groups in total. The average molecular weight is 395 g/mol. The van der Waals surface area contributed by atoms with Crippen LogP contribution in [-0.4, -0.2) is 27.1 Å². The van der Waals surface area contributed by atoms with Crippen LogP contribution in [0.15, 0.2) is 85.0 Å². The molecule has 0 amide bonds. The Balaban J connectivity index is -0.000000362. The quantitative estimate of drug-likeness (QED) is 0.172. The lowest BCUT2D eigenvalue weighted by atomic mass is 10.0. The molecule has 0 saturated carbocycles. The minimum atomic E-state index is -0.456. The van der Waals surface area contributed by atoms with E-state index in [4.69, 9.17) is 14.3 Å². The monoisotopic (exact) mass is 394 g/mol. The zero-order chi connectivity index (χ0) is 23.1.